The molecule has 0 saturated carbocycles. The van der Waals surface area contributed by atoms with Crippen molar-refractivity contribution in [2.75, 3.05) is 0 Å². The van der Waals surface area contributed by atoms with Gasteiger partial charge in [0.05, 0.1) is 6.33 Å². The van der Waals surface area contributed by atoms with E-state index in [1.807, 2.05) is 0 Å². The van der Waals surface area contributed by atoms with E-state index in [2.05, 4.69) is 9.97 Å². The van der Waals surface area contributed by atoms with Gasteiger partial charge in [-0.15, -0.1) is 0 Å². The lowest BCUT2D eigenvalue weighted by Crippen LogP contribution is -2.19. The highest BCUT2D eigenvalue weighted by atomic mass is 35.5. The van der Waals surface area contributed by atoms with Crippen LogP contribution in [0.5, 0.6) is 0 Å². The molecule has 0 aromatic carbocycles. The summed E-state index contributed by atoms with van der Waals surface area (Å²) in [5, 5.41) is 0.168. The molecule has 0 radical (unpaired) electrons. The fraction of sp³-hybridized carbons (Fsp3) is 0.286. The SMILES string of the molecule is Cn1c(Cl)nc2c(ncn2C)c1=O. The third kappa shape index (κ3) is 1.04. The summed E-state index contributed by atoms with van der Waals surface area (Å²) in [7, 11) is 3.32. The summed E-state index contributed by atoms with van der Waals surface area (Å²) in [5.41, 5.74) is 0.623. The molecule has 0 fully saturated rings. The molecule has 0 N–H and O–H groups in total. The Hall–Kier alpha value is -1.36. The average Bonchev–Trinajstić information content (AvgIpc) is 2.45. The molecule has 0 unspecified atom stereocenters. The molecule has 2 heterocycles. The zero-order chi connectivity index (χ0) is 9.59. The van der Waals surface area contributed by atoms with E-state index in [0.717, 1.165) is 0 Å². The highest BCUT2D eigenvalue weighted by Crippen LogP contribution is 2.07. The highest BCUT2D eigenvalue weighted by molar-refractivity contribution is 6.28. The van der Waals surface area contributed by atoms with E-state index in [1.165, 1.54) is 10.9 Å². The van der Waals surface area contributed by atoms with Crippen molar-refractivity contribution < 1.29 is 0 Å². The maximum Gasteiger partial charge on any atom is 0.282 e. The lowest BCUT2D eigenvalue weighted by molar-refractivity contribution is 0.833. The lowest BCUT2D eigenvalue weighted by atomic mass is 10.5. The van der Waals surface area contributed by atoms with Crippen molar-refractivity contribution in [2.24, 2.45) is 14.1 Å². The monoisotopic (exact) mass is 198 g/mol. The van der Waals surface area contributed by atoms with Crippen molar-refractivity contribution in [1.82, 2.24) is 19.1 Å². The molecule has 5 nitrogen and oxygen atoms in total. The van der Waals surface area contributed by atoms with Crippen molar-refractivity contribution in [3.8, 4) is 0 Å². The summed E-state index contributed by atoms with van der Waals surface area (Å²) in [4.78, 5) is 19.5. The van der Waals surface area contributed by atoms with Gasteiger partial charge < -0.3 is 4.57 Å². The van der Waals surface area contributed by atoms with Gasteiger partial charge in [-0.3, -0.25) is 9.36 Å². The van der Waals surface area contributed by atoms with Crippen LogP contribution in [-0.4, -0.2) is 19.1 Å². The fourth-order valence-electron chi connectivity index (χ4n) is 1.11. The number of hydrogen-bond donors (Lipinski definition) is 0. The van der Waals surface area contributed by atoms with Gasteiger partial charge in [0, 0.05) is 14.1 Å². The smallest absolute Gasteiger partial charge is 0.282 e. The number of imidazole rings is 1. The van der Waals surface area contributed by atoms with E-state index in [-0.39, 0.29) is 10.8 Å². The highest BCUT2D eigenvalue weighted by Gasteiger charge is 2.09. The summed E-state index contributed by atoms with van der Waals surface area (Å²) >= 11 is 5.73. The van der Waals surface area contributed by atoms with Crippen LogP contribution in [-0.2, 0) is 14.1 Å². The van der Waals surface area contributed by atoms with Gasteiger partial charge in [-0.25, -0.2) is 4.98 Å². The standard InChI is InChI=1S/C7H7ClN4O/c1-11-3-9-4-5(11)10-7(8)12(2)6(4)13/h3H,1-2H3. The minimum Gasteiger partial charge on any atom is -0.318 e. The minimum atomic E-state index is -0.226. The molecule has 0 aliphatic heterocycles. The maximum absolute atomic E-state index is 11.5. The first kappa shape index (κ1) is 8.25. The Kier molecular flexibility index (Phi) is 1.63. The van der Waals surface area contributed by atoms with E-state index in [9.17, 15) is 4.79 Å². The van der Waals surface area contributed by atoms with Crippen LogP contribution in [0.25, 0.3) is 11.2 Å². The molecule has 13 heavy (non-hydrogen) atoms. The molecule has 0 atom stereocenters. The molecule has 0 bridgehead atoms. The maximum atomic E-state index is 11.5. The first-order chi connectivity index (χ1) is 6.11. The van der Waals surface area contributed by atoms with E-state index >= 15 is 0 Å². The van der Waals surface area contributed by atoms with Crippen LogP contribution in [0.1, 0.15) is 0 Å². The Labute approximate surface area is 78.6 Å². The number of aryl methyl sites for hydroxylation is 1. The molecule has 2 rings (SSSR count). The van der Waals surface area contributed by atoms with Gasteiger partial charge in [-0.1, -0.05) is 0 Å². The van der Waals surface area contributed by atoms with Crippen molar-refractivity contribution in [1.29, 1.82) is 0 Å². The number of rotatable bonds is 0. The molecule has 0 aliphatic rings. The summed E-state index contributed by atoms with van der Waals surface area (Å²) in [6.45, 7) is 0. The summed E-state index contributed by atoms with van der Waals surface area (Å²) in [6.07, 6.45) is 1.54. The van der Waals surface area contributed by atoms with Gasteiger partial charge in [0.25, 0.3) is 5.56 Å². The Balaban J connectivity index is 3.05. The first-order valence-corrected chi connectivity index (χ1v) is 4.02. The molecule has 0 spiro atoms. The molecular weight excluding hydrogens is 192 g/mol. The molecule has 0 amide bonds. The van der Waals surface area contributed by atoms with Gasteiger partial charge in [0.2, 0.25) is 5.28 Å². The zero-order valence-electron chi connectivity index (χ0n) is 7.15. The molecular formula is C7H7ClN4O. The summed E-state index contributed by atoms with van der Waals surface area (Å²) in [6, 6.07) is 0. The Morgan fingerprint density at radius 3 is 2.85 bits per heavy atom. The Morgan fingerprint density at radius 1 is 1.46 bits per heavy atom. The van der Waals surface area contributed by atoms with E-state index in [4.69, 9.17) is 11.6 Å². The van der Waals surface area contributed by atoms with Crippen LogP contribution < -0.4 is 5.56 Å². The van der Waals surface area contributed by atoms with Crippen LogP contribution in [0.2, 0.25) is 5.28 Å². The molecule has 0 saturated heterocycles. The third-order valence-corrected chi connectivity index (χ3v) is 2.23. The van der Waals surface area contributed by atoms with Crippen molar-refractivity contribution >= 4 is 22.8 Å². The fourth-order valence-corrected chi connectivity index (χ4v) is 1.27. The van der Waals surface area contributed by atoms with Gasteiger partial charge in [-0.05, 0) is 11.6 Å². The number of nitrogens with zero attached hydrogens (tertiary/aromatic N) is 4. The van der Waals surface area contributed by atoms with Gasteiger partial charge >= 0.3 is 0 Å². The summed E-state index contributed by atoms with van der Waals surface area (Å²) < 4.78 is 2.92. The molecule has 6 heteroatoms. The lowest BCUT2D eigenvalue weighted by Gasteiger charge is -1.99. The molecule has 2 aromatic rings. The molecule has 0 aliphatic carbocycles. The van der Waals surface area contributed by atoms with Crippen LogP contribution in [0, 0.1) is 0 Å². The third-order valence-electron chi connectivity index (χ3n) is 1.89. The molecule has 2 aromatic heterocycles. The number of fused-ring (bicyclic) bond motifs is 1. The van der Waals surface area contributed by atoms with E-state index in [1.54, 1.807) is 18.7 Å². The van der Waals surface area contributed by atoms with Crippen LogP contribution in [0.4, 0.5) is 0 Å². The van der Waals surface area contributed by atoms with Gasteiger partial charge in [0.1, 0.15) is 0 Å². The normalized spacial score (nSPS) is 11.0. The largest absolute Gasteiger partial charge is 0.318 e. The van der Waals surface area contributed by atoms with Crippen molar-refractivity contribution in [3.05, 3.63) is 22.0 Å². The Bertz CT molecular complexity index is 527. The van der Waals surface area contributed by atoms with Crippen molar-refractivity contribution in [3.63, 3.8) is 0 Å². The van der Waals surface area contributed by atoms with E-state index < -0.39 is 0 Å². The van der Waals surface area contributed by atoms with Crippen LogP contribution in [0.3, 0.4) is 0 Å². The zero-order valence-corrected chi connectivity index (χ0v) is 7.91. The quantitative estimate of drug-likeness (QED) is 0.573. The molecule has 68 valence electrons. The second-order valence-electron chi connectivity index (χ2n) is 2.77. The van der Waals surface area contributed by atoms with Crippen LogP contribution >= 0.6 is 11.6 Å². The van der Waals surface area contributed by atoms with Crippen LogP contribution in [0.15, 0.2) is 11.1 Å². The summed E-state index contributed by atoms with van der Waals surface area (Å²) in [5.74, 6) is 0. The van der Waals surface area contributed by atoms with Crippen molar-refractivity contribution in [2.45, 2.75) is 0 Å². The Morgan fingerprint density at radius 2 is 2.15 bits per heavy atom. The average molecular weight is 199 g/mol. The van der Waals surface area contributed by atoms with Gasteiger partial charge in [0.15, 0.2) is 11.2 Å². The number of hydrogen-bond acceptors (Lipinski definition) is 3. The topological polar surface area (TPSA) is 52.7 Å². The minimum absolute atomic E-state index is 0.168. The second-order valence-corrected chi connectivity index (χ2v) is 3.11. The number of aromatic nitrogens is 4. The predicted molar refractivity (Wildman–Crippen MR) is 48.8 cm³/mol. The first-order valence-electron chi connectivity index (χ1n) is 3.65. The second kappa shape index (κ2) is 2.56. The predicted octanol–water partition coefficient (Wildman–Crippen LogP) is 0.320. The number of halogens is 1. The van der Waals surface area contributed by atoms with Gasteiger partial charge in [-0.2, -0.15) is 4.98 Å². The van der Waals surface area contributed by atoms with E-state index in [0.29, 0.717) is 11.2 Å².